The molecule has 1 N–H and O–H groups in total. The molecule has 1 fully saturated rings. The highest BCUT2D eigenvalue weighted by atomic mass is 16.5. The zero-order valence-electron chi connectivity index (χ0n) is 7.21. The first-order valence-corrected chi connectivity index (χ1v) is 4.31. The number of aliphatic hydroxyl groups is 1. The summed E-state index contributed by atoms with van der Waals surface area (Å²) in [6, 6.07) is 1.93. The van der Waals surface area contributed by atoms with E-state index in [1.165, 1.54) is 6.42 Å². The Balaban J connectivity index is 2.27. The van der Waals surface area contributed by atoms with Gasteiger partial charge in [0, 0.05) is 11.5 Å². The Kier molecular flexibility index (Phi) is 1.68. The quantitative estimate of drug-likeness (QED) is 0.724. The van der Waals surface area contributed by atoms with E-state index in [2.05, 4.69) is 5.16 Å². The van der Waals surface area contributed by atoms with E-state index < -0.39 is 0 Å². The van der Waals surface area contributed by atoms with Crippen LogP contribution >= 0.6 is 0 Å². The van der Waals surface area contributed by atoms with Gasteiger partial charge in [-0.1, -0.05) is 11.6 Å². The van der Waals surface area contributed by atoms with Crippen LogP contribution in [0.1, 0.15) is 30.7 Å². The predicted molar refractivity (Wildman–Crippen MR) is 43.9 cm³/mol. The molecule has 0 amide bonds. The van der Waals surface area contributed by atoms with Crippen molar-refractivity contribution < 1.29 is 9.63 Å². The molecule has 0 spiro atoms. The monoisotopic (exact) mass is 167 g/mol. The maximum absolute atomic E-state index is 9.22. The summed E-state index contributed by atoms with van der Waals surface area (Å²) in [5.74, 6) is 0.824. The fourth-order valence-electron chi connectivity index (χ4n) is 1.72. The van der Waals surface area contributed by atoms with Crippen LogP contribution in [0.2, 0.25) is 0 Å². The third-order valence-corrected chi connectivity index (χ3v) is 2.78. The lowest BCUT2D eigenvalue weighted by Gasteiger charge is -2.38. The van der Waals surface area contributed by atoms with Crippen LogP contribution in [0.15, 0.2) is 10.6 Å². The van der Waals surface area contributed by atoms with Gasteiger partial charge in [-0.3, -0.25) is 0 Å². The third-order valence-electron chi connectivity index (χ3n) is 2.78. The molecule has 0 aliphatic heterocycles. The van der Waals surface area contributed by atoms with Crippen LogP contribution in [0.25, 0.3) is 0 Å². The smallest absolute Gasteiger partial charge is 0.133 e. The lowest BCUT2D eigenvalue weighted by atomic mass is 9.67. The van der Waals surface area contributed by atoms with Gasteiger partial charge in [0.1, 0.15) is 5.76 Å². The highest BCUT2D eigenvalue weighted by Crippen LogP contribution is 2.42. The maximum atomic E-state index is 9.22. The minimum absolute atomic E-state index is 0.0717. The van der Waals surface area contributed by atoms with Gasteiger partial charge in [0.05, 0.1) is 12.3 Å². The molecule has 1 aliphatic carbocycles. The average molecular weight is 167 g/mol. The van der Waals surface area contributed by atoms with Crippen LogP contribution < -0.4 is 0 Å². The van der Waals surface area contributed by atoms with Gasteiger partial charge < -0.3 is 9.63 Å². The molecule has 12 heavy (non-hydrogen) atoms. The Morgan fingerprint density at radius 1 is 1.67 bits per heavy atom. The molecule has 0 atom stereocenters. The largest absolute Gasteiger partial charge is 0.395 e. The molecular weight excluding hydrogens is 154 g/mol. The molecule has 0 unspecified atom stereocenters. The normalized spacial score (nSPS) is 20.5. The molecule has 1 aromatic heterocycles. The van der Waals surface area contributed by atoms with Gasteiger partial charge in [-0.25, -0.2) is 0 Å². The fourth-order valence-corrected chi connectivity index (χ4v) is 1.72. The molecule has 0 bridgehead atoms. The Morgan fingerprint density at radius 3 is 2.75 bits per heavy atom. The van der Waals surface area contributed by atoms with E-state index in [9.17, 15) is 5.11 Å². The number of hydrogen-bond acceptors (Lipinski definition) is 3. The summed E-state index contributed by atoms with van der Waals surface area (Å²) in [4.78, 5) is 0. The van der Waals surface area contributed by atoms with E-state index in [1.54, 1.807) is 0 Å². The molecule has 1 saturated carbocycles. The van der Waals surface area contributed by atoms with E-state index in [1.807, 2.05) is 13.0 Å². The minimum Gasteiger partial charge on any atom is -0.395 e. The lowest BCUT2D eigenvalue weighted by Crippen LogP contribution is -2.38. The first-order valence-electron chi connectivity index (χ1n) is 4.31. The van der Waals surface area contributed by atoms with Crippen LogP contribution in [0, 0.1) is 6.92 Å². The SMILES string of the molecule is Cc1cc(C2(CO)CCC2)no1. The highest BCUT2D eigenvalue weighted by Gasteiger charge is 2.40. The van der Waals surface area contributed by atoms with Crippen molar-refractivity contribution in [3.63, 3.8) is 0 Å². The van der Waals surface area contributed by atoms with Gasteiger partial charge in [0.15, 0.2) is 0 Å². The van der Waals surface area contributed by atoms with Crippen molar-refractivity contribution in [2.24, 2.45) is 0 Å². The number of hydrogen-bond donors (Lipinski definition) is 1. The second-order valence-corrected chi connectivity index (χ2v) is 3.61. The maximum Gasteiger partial charge on any atom is 0.133 e. The van der Waals surface area contributed by atoms with Crippen LogP contribution in [-0.4, -0.2) is 16.9 Å². The Hall–Kier alpha value is -0.830. The van der Waals surface area contributed by atoms with Crippen molar-refractivity contribution in [1.29, 1.82) is 0 Å². The van der Waals surface area contributed by atoms with E-state index in [0.29, 0.717) is 0 Å². The molecule has 3 heteroatoms. The molecule has 0 saturated heterocycles. The van der Waals surface area contributed by atoms with Crippen LogP contribution in [0.3, 0.4) is 0 Å². The number of aromatic nitrogens is 1. The molecule has 3 nitrogen and oxygen atoms in total. The summed E-state index contributed by atoms with van der Waals surface area (Å²) in [6.07, 6.45) is 3.26. The van der Waals surface area contributed by atoms with Gasteiger partial charge >= 0.3 is 0 Å². The van der Waals surface area contributed by atoms with Gasteiger partial charge in [-0.15, -0.1) is 0 Å². The van der Waals surface area contributed by atoms with Crippen molar-refractivity contribution in [2.75, 3.05) is 6.61 Å². The standard InChI is InChI=1S/C9H13NO2/c1-7-5-8(10-12-7)9(6-11)3-2-4-9/h5,11H,2-4,6H2,1H3. The van der Waals surface area contributed by atoms with Crippen LogP contribution in [-0.2, 0) is 5.41 Å². The van der Waals surface area contributed by atoms with E-state index >= 15 is 0 Å². The third kappa shape index (κ3) is 0.966. The van der Waals surface area contributed by atoms with Crippen molar-refractivity contribution in [3.05, 3.63) is 17.5 Å². The molecule has 0 aromatic carbocycles. The lowest BCUT2D eigenvalue weighted by molar-refractivity contribution is 0.112. The second kappa shape index (κ2) is 2.59. The molecule has 1 aromatic rings. The molecule has 66 valence electrons. The summed E-state index contributed by atoms with van der Waals surface area (Å²) < 4.78 is 4.99. The average Bonchev–Trinajstić information content (AvgIpc) is 2.35. The topological polar surface area (TPSA) is 46.3 Å². The van der Waals surface area contributed by atoms with Crippen molar-refractivity contribution >= 4 is 0 Å². The van der Waals surface area contributed by atoms with E-state index in [-0.39, 0.29) is 12.0 Å². The Morgan fingerprint density at radius 2 is 2.42 bits per heavy atom. The number of aliphatic hydroxyl groups excluding tert-OH is 1. The van der Waals surface area contributed by atoms with E-state index in [4.69, 9.17) is 4.52 Å². The molecule has 2 rings (SSSR count). The minimum atomic E-state index is -0.0717. The molecule has 1 aliphatic rings. The van der Waals surface area contributed by atoms with Gasteiger partial charge in [0.2, 0.25) is 0 Å². The second-order valence-electron chi connectivity index (χ2n) is 3.61. The fraction of sp³-hybridized carbons (Fsp3) is 0.667. The van der Waals surface area contributed by atoms with E-state index in [0.717, 1.165) is 24.3 Å². The molecule has 1 heterocycles. The van der Waals surface area contributed by atoms with Crippen molar-refractivity contribution in [1.82, 2.24) is 5.16 Å². The van der Waals surface area contributed by atoms with Crippen molar-refractivity contribution in [2.45, 2.75) is 31.6 Å². The predicted octanol–water partition coefficient (Wildman–Crippen LogP) is 1.40. The summed E-state index contributed by atoms with van der Waals surface area (Å²) >= 11 is 0. The highest BCUT2D eigenvalue weighted by molar-refractivity contribution is 5.20. The first kappa shape index (κ1) is 7.80. The number of rotatable bonds is 2. The number of aryl methyl sites for hydroxylation is 1. The molecule has 0 radical (unpaired) electrons. The van der Waals surface area contributed by atoms with Gasteiger partial charge in [-0.2, -0.15) is 0 Å². The van der Waals surface area contributed by atoms with Crippen LogP contribution in [0.4, 0.5) is 0 Å². The summed E-state index contributed by atoms with van der Waals surface area (Å²) in [5, 5.41) is 13.2. The zero-order valence-corrected chi connectivity index (χ0v) is 7.21. The number of nitrogens with zero attached hydrogens (tertiary/aromatic N) is 1. The molecular formula is C9H13NO2. The summed E-state index contributed by atoms with van der Waals surface area (Å²) in [7, 11) is 0. The Labute approximate surface area is 71.4 Å². The van der Waals surface area contributed by atoms with Gasteiger partial charge in [-0.05, 0) is 19.8 Å². The zero-order chi connectivity index (χ0) is 8.60. The first-order chi connectivity index (χ1) is 5.77. The van der Waals surface area contributed by atoms with Gasteiger partial charge in [0.25, 0.3) is 0 Å². The van der Waals surface area contributed by atoms with Crippen LogP contribution in [0.5, 0.6) is 0 Å². The summed E-state index contributed by atoms with van der Waals surface area (Å²) in [5.41, 5.74) is 0.853. The Bertz CT molecular complexity index is 270. The van der Waals surface area contributed by atoms with Crippen molar-refractivity contribution in [3.8, 4) is 0 Å². The summed E-state index contributed by atoms with van der Waals surface area (Å²) in [6.45, 7) is 2.07.